The molecule has 0 fully saturated rings. The third-order valence-electron chi connectivity index (χ3n) is 5.11. The van der Waals surface area contributed by atoms with E-state index in [1.165, 1.54) is 24.5 Å². The van der Waals surface area contributed by atoms with E-state index in [1.807, 2.05) is 36.4 Å². The highest BCUT2D eigenvalue weighted by Gasteiger charge is 2.20. The SMILES string of the molecule is C=CC(O)N(CCc1nn(-c2ccc(O)c(C#N)c2)c2c(N)ncnc12)c1ccccc1. The van der Waals surface area contributed by atoms with Crippen molar-refractivity contribution in [2.75, 3.05) is 17.2 Å². The van der Waals surface area contributed by atoms with Gasteiger partial charge in [0.2, 0.25) is 0 Å². The van der Waals surface area contributed by atoms with Gasteiger partial charge in [-0.15, -0.1) is 0 Å². The second-order valence-electron chi connectivity index (χ2n) is 7.06. The molecule has 0 aliphatic rings. The van der Waals surface area contributed by atoms with Crippen molar-refractivity contribution in [2.24, 2.45) is 0 Å². The van der Waals surface area contributed by atoms with Gasteiger partial charge in [0.15, 0.2) is 5.82 Å². The molecule has 160 valence electrons. The van der Waals surface area contributed by atoms with Gasteiger partial charge in [-0.05, 0) is 36.4 Å². The molecule has 4 aromatic rings. The fourth-order valence-electron chi connectivity index (χ4n) is 3.52. The number of benzene rings is 2. The predicted octanol–water partition coefficient (Wildman–Crippen LogP) is 2.53. The number of phenolic OH excluding ortho intramolecular Hbond substituents is 1. The Morgan fingerprint density at radius 1 is 1.22 bits per heavy atom. The van der Waals surface area contributed by atoms with E-state index in [0.717, 1.165) is 5.69 Å². The van der Waals surface area contributed by atoms with Crippen molar-refractivity contribution < 1.29 is 10.2 Å². The van der Waals surface area contributed by atoms with Gasteiger partial charge in [0.25, 0.3) is 0 Å². The lowest BCUT2D eigenvalue weighted by Crippen LogP contribution is -2.35. The maximum atomic E-state index is 10.5. The van der Waals surface area contributed by atoms with Gasteiger partial charge in [-0.2, -0.15) is 10.4 Å². The molecule has 1 atom stereocenters. The minimum atomic E-state index is -0.874. The molecule has 2 aromatic carbocycles. The van der Waals surface area contributed by atoms with Crippen molar-refractivity contribution in [2.45, 2.75) is 12.6 Å². The van der Waals surface area contributed by atoms with Crippen LogP contribution in [0.15, 0.2) is 67.5 Å². The van der Waals surface area contributed by atoms with Crippen LogP contribution in [0, 0.1) is 11.3 Å². The molecule has 0 radical (unpaired) electrons. The second-order valence-corrected chi connectivity index (χ2v) is 7.06. The number of nitriles is 1. The molecule has 0 bridgehead atoms. The van der Waals surface area contributed by atoms with Crippen LogP contribution in [-0.2, 0) is 6.42 Å². The van der Waals surface area contributed by atoms with Gasteiger partial charge in [0, 0.05) is 18.7 Å². The number of fused-ring (bicyclic) bond motifs is 1. The van der Waals surface area contributed by atoms with Crippen molar-refractivity contribution in [3.63, 3.8) is 0 Å². The first-order chi connectivity index (χ1) is 15.5. The largest absolute Gasteiger partial charge is 0.507 e. The van der Waals surface area contributed by atoms with Crippen molar-refractivity contribution in [3.8, 4) is 17.5 Å². The van der Waals surface area contributed by atoms with E-state index in [-0.39, 0.29) is 17.1 Å². The first kappa shape index (κ1) is 20.8. The van der Waals surface area contributed by atoms with Gasteiger partial charge in [-0.25, -0.2) is 14.6 Å². The van der Waals surface area contributed by atoms with E-state index in [0.29, 0.717) is 35.4 Å². The highest BCUT2D eigenvalue weighted by Crippen LogP contribution is 2.27. The number of hydrogen-bond acceptors (Lipinski definition) is 8. The molecule has 0 aliphatic heterocycles. The minimum Gasteiger partial charge on any atom is -0.507 e. The normalized spacial score (nSPS) is 11.8. The summed E-state index contributed by atoms with van der Waals surface area (Å²) in [5.41, 5.74) is 9.37. The van der Waals surface area contributed by atoms with Crippen molar-refractivity contribution in [3.05, 3.63) is 78.8 Å². The number of rotatable bonds is 7. The molecule has 0 aliphatic carbocycles. The van der Waals surface area contributed by atoms with Crippen LogP contribution in [0.3, 0.4) is 0 Å². The van der Waals surface area contributed by atoms with Gasteiger partial charge in [-0.1, -0.05) is 24.8 Å². The second kappa shape index (κ2) is 8.75. The number of aromatic hydroxyl groups is 1. The molecular weight excluding hydrogens is 406 g/mol. The third kappa shape index (κ3) is 3.82. The highest BCUT2D eigenvalue weighted by molar-refractivity contribution is 5.88. The minimum absolute atomic E-state index is 0.117. The Kier molecular flexibility index (Phi) is 5.70. The Morgan fingerprint density at radius 2 is 2.00 bits per heavy atom. The summed E-state index contributed by atoms with van der Waals surface area (Å²) in [4.78, 5) is 10.3. The summed E-state index contributed by atoms with van der Waals surface area (Å²) in [7, 11) is 0. The number of nitrogens with zero attached hydrogens (tertiary/aromatic N) is 6. The first-order valence-electron chi connectivity index (χ1n) is 9.87. The Labute approximate surface area is 184 Å². The Hall–Kier alpha value is -4.42. The number of aromatic nitrogens is 4. The molecule has 2 heterocycles. The molecule has 4 N–H and O–H groups in total. The summed E-state index contributed by atoms with van der Waals surface area (Å²) in [5, 5.41) is 34.3. The molecule has 1 unspecified atom stereocenters. The maximum Gasteiger partial charge on any atom is 0.153 e. The predicted molar refractivity (Wildman–Crippen MR) is 121 cm³/mol. The molecule has 32 heavy (non-hydrogen) atoms. The van der Waals surface area contributed by atoms with E-state index in [9.17, 15) is 15.5 Å². The van der Waals surface area contributed by atoms with Crippen LogP contribution in [0.1, 0.15) is 11.3 Å². The number of nitrogens with two attached hydrogens (primary N) is 1. The number of phenols is 1. The average molecular weight is 427 g/mol. The summed E-state index contributed by atoms with van der Waals surface area (Å²) in [5.74, 6) is 0.125. The Balaban J connectivity index is 1.75. The number of aliphatic hydroxyl groups is 1. The Morgan fingerprint density at radius 3 is 2.72 bits per heavy atom. The van der Waals surface area contributed by atoms with Gasteiger partial charge in [0.05, 0.1) is 16.9 Å². The van der Waals surface area contributed by atoms with E-state index < -0.39 is 6.23 Å². The summed E-state index contributed by atoms with van der Waals surface area (Å²) >= 11 is 0. The third-order valence-corrected chi connectivity index (χ3v) is 5.11. The summed E-state index contributed by atoms with van der Waals surface area (Å²) < 4.78 is 1.57. The zero-order chi connectivity index (χ0) is 22.7. The van der Waals surface area contributed by atoms with Crippen LogP contribution in [0.25, 0.3) is 16.7 Å². The van der Waals surface area contributed by atoms with Gasteiger partial charge in [-0.3, -0.25) is 0 Å². The van der Waals surface area contributed by atoms with Gasteiger partial charge in [0.1, 0.15) is 35.4 Å². The summed E-state index contributed by atoms with van der Waals surface area (Å²) in [6, 6.07) is 16.1. The van der Waals surface area contributed by atoms with Gasteiger partial charge < -0.3 is 20.8 Å². The highest BCUT2D eigenvalue weighted by atomic mass is 16.3. The average Bonchev–Trinajstić information content (AvgIpc) is 3.20. The molecule has 4 rings (SSSR count). The Bertz CT molecular complexity index is 1310. The van der Waals surface area contributed by atoms with E-state index >= 15 is 0 Å². The monoisotopic (exact) mass is 427 g/mol. The zero-order valence-corrected chi connectivity index (χ0v) is 17.1. The first-order valence-corrected chi connectivity index (χ1v) is 9.87. The quantitative estimate of drug-likeness (QED) is 0.302. The van der Waals surface area contributed by atoms with E-state index in [2.05, 4.69) is 21.6 Å². The smallest absolute Gasteiger partial charge is 0.153 e. The van der Waals surface area contributed by atoms with Crippen molar-refractivity contribution in [1.82, 2.24) is 19.7 Å². The number of anilines is 2. The number of nitrogen functional groups attached to an aromatic ring is 1. The molecule has 0 saturated carbocycles. The van der Waals surface area contributed by atoms with Crippen molar-refractivity contribution >= 4 is 22.5 Å². The fraction of sp³-hybridized carbons (Fsp3) is 0.130. The van der Waals surface area contributed by atoms with Crippen LogP contribution in [0.2, 0.25) is 0 Å². The number of para-hydroxylation sites is 1. The number of hydrogen-bond donors (Lipinski definition) is 3. The standard InChI is InChI=1S/C23H21N7O2/c1-2-20(32)29(16-6-4-3-5-7-16)11-10-18-21-22(23(25)27-14-26-21)30(28-18)17-8-9-19(31)15(12-17)13-24/h2-9,12,14,20,31-32H,1,10-11H2,(H2,25,26,27). The fourth-order valence-corrected chi connectivity index (χ4v) is 3.52. The van der Waals surface area contributed by atoms with E-state index in [1.54, 1.807) is 15.6 Å². The molecule has 2 aromatic heterocycles. The van der Waals surface area contributed by atoms with E-state index in [4.69, 9.17) is 5.73 Å². The topological polar surface area (TPSA) is 137 Å². The molecule has 9 nitrogen and oxygen atoms in total. The van der Waals surface area contributed by atoms with Crippen LogP contribution >= 0.6 is 0 Å². The molecule has 0 spiro atoms. The lowest BCUT2D eigenvalue weighted by atomic mass is 10.2. The van der Waals surface area contributed by atoms with Crippen molar-refractivity contribution in [1.29, 1.82) is 5.26 Å². The lowest BCUT2D eigenvalue weighted by Gasteiger charge is -2.27. The summed E-state index contributed by atoms with van der Waals surface area (Å²) in [6.07, 6.45) is 2.41. The molecule has 0 amide bonds. The van der Waals surface area contributed by atoms with Crippen LogP contribution in [0.4, 0.5) is 11.5 Å². The lowest BCUT2D eigenvalue weighted by molar-refractivity contribution is 0.217. The number of aliphatic hydroxyl groups excluding tert-OH is 1. The molecular formula is C23H21N7O2. The molecule has 0 saturated heterocycles. The summed E-state index contributed by atoms with van der Waals surface area (Å²) in [6.45, 7) is 4.13. The zero-order valence-electron chi connectivity index (χ0n) is 17.1. The maximum absolute atomic E-state index is 10.5. The molecule has 9 heteroatoms. The van der Waals surface area contributed by atoms with Crippen LogP contribution < -0.4 is 10.6 Å². The van der Waals surface area contributed by atoms with Gasteiger partial charge >= 0.3 is 0 Å². The van der Waals surface area contributed by atoms with Crippen LogP contribution in [0.5, 0.6) is 5.75 Å². The van der Waals surface area contributed by atoms with Crippen LogP contribution in [-0.4, -0.2) is 42.7 Å².